The minimum Gasteiger partial charge on any atom is -0.463 e. The summed E-state index contributed by atoms with van der Waals surface area (Å²) in [6, 6.07) is 0. The van der Waals surface area contributed by atoms with Crippen LogP contribution in [-0.4, -0.2) is 84.5 Å². The maximum absolute atomic E-state index is 12.2. The lowest BCUT2D eigenvalue weighted by atomic mass is 9.97. The summed E-state index contributed by atoms with van der Waals surface area (Å²) in [5.74, 6) is -4.94. The molecule has 36 heavy (non-hydrogen) atoms. The molecule has 5 atom stereocenters. The number of carbonyl (C=O) groups is 6. The third kappa shape index (κ3) is 7.98. The van der Waals surface area contributed by atoms with Crippen LogP contribution in [0.4, 0.5) is 5.13 Å². The van der Waals surface area contributed by atoms with Gasteiger partial charge in [0.15, 0.2) is 29.7 Å². The van der Waals surface area contributed by atoms with Crippen LogP contribution in [0.5, 0.6) is 0 Å². The molecule has 198 valence electrons. The van der Waals surface area contributed by atoms with Gasteiger partial charge in [0.1, 0.15) is 17.6 Å². The summed E-state index contributed by atoms with van der Waals surface area (Å²) in [4.78, 5) is 74.8. The average molecular weight is 531 g/mol. The summed E-state index contributed by atoms with van der Waals surface area (Å²) in [6.07, 6.45) is -5.35. The molecule has 0 aromatic carbocycles. The van der Waals surface area contributed by atoms with E-state index in [1.165, 1.54) is 0 Å². The van der Waals surface area contributed by atoms with Crippen LogP contribution in [0.1, 0.15) is 44.3 Å². The van der Waals surface area contributed by atoms with Crippen LogP contribution in [0.3, 0.4) is 0 Å². The van der Waals surface area contributed by atoms with Gasteiger partial charge in [0, 0.05) is 27.7 Å². The molecular formula is C21H26N2O12S. The van der Waals surface area contributed by atoms with Crippen LogP contribution in [0.15, 0.2) is 6.20 Å². The summed E-state index contributed by atoms with van der Waals surface area (Å²) < 4.78 is 31.5. The summed E-state index contributed by atoms with van der Waals surface area (Å²) in [5.41, 5.74) is 0. The number of ketones is 1. The number of thiazole rings is 1. The van der Waals surface area contributed by atoms with E-state index in [2.05, 4.69) is 15.0 Å². The SMILES string of the molecule is CCOC(=O)C(=O)c1cnc(N[C@H]2O[C@H](COC(C)=O)[C@@H](OC(C)=O)[C@H](OC(C)=O)[C@@H]2OC(C)=O)s1. The van der Waals surface area contributed by atoms with Crippen molar-refractivity contribution in [2.75, 3.05) is 18.5 Å². The van der Waals surface area contributed by atoms with E-state index in [4.69, 9.17) is 23.7 Å². The highest BCUT2D eigenvalue weighted by atomic mass is 32.1. The van der Waals surface area contributed by atoms with Crippen molar-refractivity contribution in [3.8, 4) is 0 Å². The van der Waals surface area contributed by atoms with E-state index in [0.29, 0.717) is 0 Å². The molecular weight excluding hydrogens is 504 g/mol. The van der Waals surface area contributed by atoms with Crippen LogP contribution >= 0.6 is 11.3 Å². The molecule has 0 radical (unpaired) electrons. The van der Waals surface area contributed by atoms with Crippen molar-refractivity contribution in [3.05, 3.63) is 11.1 Å². The third-order valence-corrected chi connectivity index (χ3v) is 5.37. The quantitative estimate of drug-likeness (QED) is 0.190. The second kappa shape index (κ2) is 12.9. The Morgan fingerprint density at radius 1 is 0.889 bits per heavy atom. The third-order valence-electron chi connectivity index (χ3n) is 4.45. The fraction of sp³-hybridized carbons (Fsp3) is 0.571. The number of hydrogen-bond donors (Lipinski definition) is 1. The Bertz CT molecular complexity index is 1010. The van der Waals surface area contributed by atoms with Gasteiger partial charge in [-0.15, -0.1) is 0 Å². The number of carbonyl (C=O) groups excluding carboxylic acids is 6. The van der Waals surface area contributed by atoms with Gasteiger partial charge in [-0.25, -0.2) is 9.78 Å². The first-order valence-electron chi connectivity index (χ1n) is 10.7. The first-order chi connectivity index (χ1) is 16.9. The molecule has 1 saturated heterocycles. The van der Waals surface area contributed by atoms with E-state index in [9.17, 15) is 28.8 Å². The highest BCUT2D eigenvalue weighted by Gasteiger charge is 2.52. The second-order valence-electron chi connectivity index (χ2n) is 7.34. The molecule has 0 amide bonds. The normalized spacial score (nSPS) is 23.1. The molecule has 1 aromatic heterocycles. The van der Waals surface area contributed by atoms with Crippen molar-refractivity contribution >= 4 is 52.1 Å². The Hall–Kier alpha value is -3.59. The number of esters is 5. The molecule has 1 N–H and O–H groups in total. The van der Waals surface area contributed by atoms with Gasteiger partial charge >= 0.3 is 29.8 Å². The standard InChI is InChI=1S/C21H26N2O12S/c1-6-30-20(29)15(28)14-7-22-21(36-14)23-19-18(34-12(5)27)17(33-11(4)26)16(32-10(3)25)13(35-19)8-31-9(2)24/h7,13,16-19H,6,8H2,1-5H3,(H,22,23)/t13-,16-,17+,18+,19+/m1/s1. The molecule has 0 aliphatic carbocycles. The number of nitrogens with one attached hydrogen (secondary N) is 1. The lowest BCUT2D eigenvalue weighted by molar-refractivity contribution is -0.247. The zero-order valence-corrected chi connectivity index (χ0v) is 20.9. The van der Waals surface area contributed by atoms with E-state index in [0.717, 1.165) is 45.2 Å². The van der Waals surface area contributed by atoms with Crippen molar-refractivity contribution in [1.29, 1.82) is 0 Å². The smallest absolute Gasteiger partial charge is 0.380 e. The lowest BCUT2D eigenvalue weighted by Gasteiger charge is -2.44. The predicted octanol–water partition coefficient (Wildman–Crippen LogP) is 0.384. The van der Waals surface area contributed by atoms with Crippen molar-refractivity contribution in [2.45, 2.75) is 65.3 Å². The Labute approximate surface area is 209 Å². The van der Waals surface area contributed by atoms with Crippen molar-refractivity contribution in [1.82, 2.24) is 4.98 Å². The van der Waals surface area contributed by atoms with Gasteiger partial charge in [-0.3, -0.25) is 24.0 Å². The summed E-state index contributed by atoms with van der Waals surface area (Å²) in [7, 11) is 0. The molecule has 1 fully saturated rings. The zero-order chi connectivity index (χ0) is 27.0. The number of anilines is 1. The van der Waals surface area contributed by atoms with Crippen molar-refractivity contribution < 1.29 is 57.2 Å². The van der Waals surface area contributed by atoms with Gasteiger partial charge < -0.3 is 33.7 Å². The molecule has 0 unspecified atom stereocenters. The first-order valence-corrected chi connectivity index (χ1v) is 11.5. The van der Waals surface area contributed by atoms with E-state index < -0.39 is 72.9 Å². The second-order valence-corrected chi connectivity index (χ2v) is 8.37. The minimum atomic E-state index is -1.37. The van der Waals surface area contributed by atoms with E-state index in [1.54, 1.807) is 6.92 Å². The first kappa shape index (κ1) is 28.6. The van der Waals surface area contributed by atoms with Gasteiger partial charge in [-0.05, 0) is 6.92 Å². The molecule has 0 spiro atoms. The van der Waals surface area contributed by atoms with E-state index in [1.807, 2.05) is 0 Å². The van der Waals surface area contributed by atoms with Crippen LogP contribution in [0.2, 0.25) is 0 Å². The van der Waals surface area contributed by atoms with Gasteiger partial charge in [-0.2, -0.15) is 0 Å². The number of aromatic nitrogens is 1. The molecule has 15 heteroatoms. The van der Waals surface area contributed by atoms with Crippen LogP contribution < -0.4 is 5.32 Å². The minimum absolute atomic E-state index is 0.0131. The largest absolute Gasteiger partial charge is 0.463 e. The summed E-state index contributed by atoms with van der Waals surface area (Å²) in [6.45, 7) is 5.63. The Morgan fingerprint density at radius 2 is 1.47 bits per heavy atom. The van der Waals surface area contributed by atoms with Gasteiger partial charge in [-0.1, -0.05) is 11.3 Å². The van der Waals surface area contributed by atoms with Crippen molar-refractivity contribution in [3.63, 3.8) is 0 Å². The Balaban J connectivity index is 2.41. The number of hydrogen-bond acceptors (Lipinski definition) is 15. The molecule has 1 aromatic rings. The van der Waals surface area contributed by atoms with E-state index in [-0.39, 0.29) is 16.6 Å². The summed E-state index contributed by atoms with van der Waals surface area (Å²) in [5, 5.41) is 2.88. The number of ether oxygens (including phenoxy) is 6. The van der Waals surface area contributed by atoms with Crippen LogP contribution in [0, 0.1) is 0 Å². The highest BCUT2D eigenvalue weighted by Crippen LogP contribution is 2.31. The maximum atomic E-state index is 12.2. The van der Waals surface area contributed by atoms with Gasteiger partial charge in [0.25, 0.3) is 5.78 Å². The van der Waals surface area contributed by atoms with Crippen LogP contribution in [-0.2, 0) is 52.4 Å². The monoisotopic (exact) mass is 530 g/mol. The predicted molar refractivity (Wildman–Crippen MR) is 119 cm³/mol. The Kier molecular flexibility index (Phi) is 10.3. The topological polar surface area (TPSA) is 183 Å². The molecule has 0 bridgehead atoms. The summed E-state index contributed by atoms with van der Waals surface area (Å²) >= 11 is 0.784. The average Bonchev–Trinajstić information content (AvgIpc) is 3.23. The number of nitrogens with zero attached hydrogens (tertiary/aromatic N) is 1. The van der Waals surface area contributed by atoms with Crippen LogP contribution in [0.25, 0.3) is 0 Å². The van der Waals surface area contributed by atoms with Crippen molar-refractivity contribution in [2.24, 2.45) is 0 Å². The molecule has 1 aliphatic heterocycles. The molecule has 1 aliphatic rings. The molecule has 2 rings (SSSR count). The van der Waals surface area contributed by atoms with Gasteiger partial charge in [0.05, 0.1) is 12.8 Å². The number of rotatable bonds is 10. The molecule has 14 nitrogen and oxygen atoms in total. The Morgan fingerprint density at radius 3 is 2.03 bits per heavy atom. The number of Topliss-reactive ketones (excluding diaryl/α,β-unsaturated/α-hetero) is 1. The maximum Gasteiger partial charge on any atom is 0.380 e. The zero-order valence-electron chi connectivity index (χ0n) is 20.1. The fourth-order valence-electron chi connectivity index (χ4n) is 3.21. The molecule has 0 saturated carbocycles. The van der Waals surface area contributed by atoms with E-state index >= 15 is 0 Å². The highest BCUT2D eigenvalue weighted by molar-refractivity contribution is 7.18. The fourth-order valence-corrected chi connectivity index (χ4v) is 3.98. The van der Waals surface area contributed by atoms with Gasteiger partial charge in [0.2, 0.25) is 0 Å². The lowest BCUT2D eigenvalue weighted by Crippen LogP contribution is -2.64. The molecule has 2 heterocycles.